The SMILES string of the molecule is C[C@]1(O)C[C@H]2CC[C@H]1c1ccccc12. The van der Waals surface area contributed by atoms with Gasteiger partial charge in [0.15, 0.2) is 0 Å². The fourth-order valence-corrected chi connectivity index (χ4v) is 3.38. The van der Waals surface area contributed by atoms with Crippen molar-refractivity contribution in [3.8, 4) is 0 Å². The Morgan fingerprint density at radius 3 is 2.64 bits per heavy atom. The molecule has 1 aromatic carbocycles. The maximum atomic E-state index is 10.3. The van der Waals surface area contributed by atoms with Gasteiger partial charge in [0.1, 0.15) is 0 Å². The van der Waals surface area contributed by atoms with Gasteiger partial charge in [0.25, 0.3) is 0 Å². The quantitative estimate of drug-likeness (QED) is 0.663. The first-order valence-electron chi connectivity index (χ1n) is 5.50. The molecule has 0 spiro atoms. The van der Waals surface area contributed by atoms with Gasteiger partial charge in [-0.2, -0.15) is 0 Å². The van der Waals surface area contributed by atoms with E-state index in [1.807, 2.05) is 6.92 Å². The monoisotopic (exact) mass is 188 g/mol. The van der Waals surface area contributed by atoms with Gasteiger partial charge in [0, 0.05) is 5.92 Å². The molecule has 0 aliphatic heterocycles. The molecule has 0 radical (unpaired) electrons. The number of hydrogen-bond donors (Lipinski definition) is 1. The molecule has 1 aromatic rings. The lowest BCUT2D eigenvalue weighted by Gasteiger charge is -2.48. The lowest BCUT2D eigenvalue weighted by atomic mass is 9.60. The zero-order chi connectivity index (χ0) is 9.76. The van der Waals surface area contributed by atoms with Gasteiger partial charge < -0.3 is 5.11 Å². The van der Waals surface area contributed by atoms with Crippen LogP contribution in [0.15, 0.2) is 24.3 Å². The summed E-state index contributed by atoms with van der Waals surface area (Å²) in [7, 11) is 0. The van der Waals surface area contributed by atoms with Gasteiger partial charge in [-0.1, -0.05) is 24.3 Å². The van der Waals surface area contributed by atoms with Crippen LogP contribution in [0.3, 0.4) is 0 Å². The van der Waals surface area contributed by atoms with Crippen molar-refractivity contribution in [3.63, 3.8) is 0 Å². The number of fused-ring (bicyclic) bond motifs is 2. The van der Waals surface area contributed by atoms with Crippen molar-refractivity contribution in [2.45, 2.75) is 43.6 Å². The number of aliphatic hydroxyl groups is 1. The van der Waals surface area contributed by atoms with Gasteiger partial charge in [-0.15, -0.1) is 0 Å². The predicted octanol–water partition coefficient (Wildman–Crippen LogP) is 2.80. The van der Waals surface area contributed by atoms with E-state index in [0.29, 0.717) is 11.8 Å². The summed E-state index contributed by atoms with van der Waals surface area (Å²) in [6, 6.07) is 8.64. The van der Waals surface area contributed by atoms with Crippen LogP contribution in [0.25, 0.3) is 0 Å². The third-order valence-electron chi connectivity index (χ3n) is 4.03. The van der Waals surface area contributed by atoms with Gasteiger partial charge in [0.05, 0.1) is 5.60 Å². The Bertz CT molecular complexity index is 367. The third kappa shape index (κ3) is 0.992. The van der Waals surface area contributed by atoms with Crippen molar-refractivity contribution in [2.75, 3.05) is 0 Å². The van der Waals surface area contributed by atoms with Gasteiger partial charge in [-0.05, 0) is 43.2 Å². The van der Waals surface area contributed by atoms with Crippen molar-refractivity contribution >= 4 is 0 Å². The highest BCUT2D eigenvalue weighted by atomic mass is 16.3. The Labute approximate surface area is 84.8 Å². The summed E-state index contributed by atoms with van der Waals surface area (Å²) in [6.45, 7) is 2.00. The zero-order valence-electron chi connectivity index (χ0n) is 8.53. The molecule has 0 unspecified atom stereocenters. The minimum absolute atomic E-state index is 0.378. The smallest absolute Gasteiger partial charge is 0.0693 e. The Morgan fingerprint density at radius 1 is 1.21 bits per heavy atom. The minimum atomic E-state index is -0.461. The Kier molecular flexibility index (Phi) is 1.58. The molecule has 1 N–H and O–H groups in total. The molecule has 1 heteroatoms. The molecule has 0 amide bonds. The second-order valence-corrected chi connectivity index (χ2v) is 5.02. The van der Waals surface area contributed by atoms with E-state index < -0.39 is 5.60 Å². The molecule has 1 saturated carbocycles. The van der Waals surface area contributed by atoms with E-state index in [9.17, 15) is 5.11 Å². The summed E-state index contributed by atoms with van der Waals surface area (Å²) < 4.78 is 0. The van der Waals surface area contributed by atoms with Crippen LogP contribution in [0.5, 0.6) is 0 Å². The standard InChI is InChI=1S/C13H16O/c1-13(14)8-9-6-7-12(13)11-5-3-2-4-10(9)11/h2-5,9,12,14H,6-8H2,1H3/t9-,12+,13+/m1/s1. The second-order valence-electron chi connectivity index (χ2n) is 5.02. The van der Waals surface area contributed by atoms with E-state index in [-0.39, 0.29) is 0 Å². The van der Waals surface area contributed by atoms with E-state index in [0.717, 1.165) is 12.8 Å². The lowest BCUT2D eigenvalue weighted by Crippen LogP contribution is -2.43. The van der Waals surface area contributed by atoms with E-state index >= 15 is 0 Å². The lowest BCUT2D eigenvalue weighted by molar-refractivity contribution is -0.0168. The molecule has 3 atom stereocenters. The normalized spacial score (nSPS) is 39.6. The minimum Gasteiger partial charge on any atom is -0.390 e. The van der Waals surface area contributed by atoms with Crippen LogP contribution in [-0.4, -0.2) is 10.7 Å². The van der Waals surface area contributed by atoms with E-state index in [4.69, 9.17) is 0 Å². The number of hydrogen-bond acceptors (Lipinski definition) is 1. The average molecular weight is 188 g/mol. The molecule has 4 rings (SSSR count). The topological polar surface area (TPSA) is 20.2 Å². The van der Waals surface area contributed by atoms with Crippen molar-refractivity contribution in [2.24, 2.45) is 0 Å². The largest absolute Gasteiger partial charge is 0.390 e. The van der Waals surface area contributed by atoms with Crippen LogP contribution in [0.4, 0.5) is 0 Å². The van der Waals surface area contributed by atoms with Crippen LogP contribution >= 0.6 is 0 Å². The van der Waals surface area contributed by atoms with Crippen LogP contribution in [0.1, 0.15) is 49.1 Å². The summed E-state index contributed by atoms with van der Waals surface area (Å²) in [6.07, 6.45) is 3.38. The van der Waals surface area contributed by atoms with E-state index in [2.05, 4.69) is 24.3 Å². The van der Waals surface area contributed by atoms with Crippen molar-refractivity contribution in [1.82, 2.24) is 0 Å². The number of rotatable bonds is 0. The summed E-state index contributed by atoms with van der Waals surface area (Å²) >= 11 is 0. The molecule has 3 aliphatic rings. The third-order valence-corrected chi connectivity index (χ3v) is 4.03. The highest BCUT2D eigenvalue weighted by Crippen LogP contribution is 2.53. The van der Waals surface area contributed by atoms with Gasteiger partial charge in [0.2, 0.25) is 0 Å². The molecule has 1 nitrogen and oxygen atoms in total. The predicted molar refractivity (Wildman–Crippen MR) is 56.4 cm³/mol. The molecule has 2 bridgehead atoms. The van der Waals surface area contributed by atoms with Gasteiger partial charge >= 0.3 is 0 Å². The van der Waals surface area contributed by atoms with Gasteiger partial charge in [-0.25, -0.2) is 0 Å². The summed E-state index contributed by atoms with van der Waals surface area (Å²) in [5.41, 5.74) is 2.44. The zero-order valence-corrected chi connectivity index (χ0v) is 8.53. The average Bonchev–Trinajstić information content (AvgIpc) is 2.17. The molecular weight excluding hydrogens is 172 g/mol. The molecule has 14 heavy (non-hydrogen) atoms. The van der Waals surface area contributed by atoms with Crippen LogP contribution < -0.4 is 0 Å². The molecule has 74 valence electrons. The van der Waals surface area contributed by atoms with Crippen molar-refractivity contribution in [1.29, 1.82) is 0 Å². The summed E-state index contributed by atoms with van der Waals surface area (Å²) in [5.74, 6) is 0.981. The van der Waals surface area contributed by atoms with E-state index in [1.165, 1.54) is 17.5 Å². The van der Waals surface area contributed by atoms with Crippen LogP contribution in [-0.2, 0) is 0 Å². The maximum Gasteiger partial charge on any atom is 0.0693 e. The Hall–Kier alpha value is -0.820. The Balaban J connectivity index is 2.18. The summed E-state index contributed by atoms with van der Waals surface area (Å²) in [4.78, 5) is 0. The maximum absolute atomic E-state index is 10.3. The van der Waals surface area contributed by atoms with Crippen LogP contribution in [0, 0.1) is 0 Å². The highest BCUT2D eigenvalue weighted by Gasteiger charge is 2.45. The molecule has 0 heterocycles. The molecule has 1 fully saturated rings. The highest BCUT2D eigenvalue weighted by molar-refractivity contribution is 5.40. The molecule has 0 aromatic heterocycles. The molecular formula is C13H16O. The second kappa shape index (κ2) is 2.60. The molecule has 0 saturated heterocycles. The van der Waals surface area contributed by atoms with Crippen LogP contribution in [0.2, 0.25) is 0 Å². The summed E-state index contributed by atoms with van der Waals surface area (Å²) in [5, 5.41) is 10.3. The fraction of sp³-hybridized carbons (Fsp3) is 0.538. The van der Waals surface area contributed by atoms with Gasteiger partial charge in [-0.3, -0.25) is 0 Å². The van der Waals surface area contributed by atoms with Crippen molar-refractivity contribution < 1.29 is 5.11 Å². The fourth-order valence-electron chi connectivity index (χ4n) is 3.38. The first kappa shape index (κ1) is 8.49. The van der Waals surface area contributed by atoms with Crippen molar-refractivity contribution in [3.05, 3.63) is 35.4 Å². The first-order chi connectivity index (χ1) is 6.68. The molecule has 3 aliphatic carbocycles. The van der Waals surface area contributed by atoms with E-state index in [1.54, 1.807) is 0 Å². The Morgan fingerprint density at radius 2 is 1.93 bits per heavy atom. The number of benzene rings is 1. The first-order valence-corrected chi connectivity index (χ1v) is 5.50.